The molecule has 0 fully saturated rings. The number of thiazole rings is 1. The summed E-state index contributed by atoms with van der Waals surface area (Å²) in [6, 6.07) is 8.64. The summed E-state index contributed by atoms with van der Waals surface area (Å²) in [7, 11) is -3.62. The van der Waals surface area contributed by atoms with Gasteiger partial charge in [-0.15, -0.1) is 0 Å². The van der Waals surface area contributed by atoms with E-state index in [1.165, 1.54) is 29.5 Å². The zero-order chi connectivity index (χ0) is 21.7. The Labute approximate surface area is 176 Å². The Morgan fingerprint density at radius 3 is 2.77 bits per heavy atom. The molecule has 9 nitrogen and oxygen atoms in total. The van der Waals surface area contributed by atoms with Crippen molar-refractivity contribution in [1.29, 1.82) is 0 Å². The summed E-state index contributed by atoms with van der Waals surface area (Å²) < 4.78 is 45.0. The van der Waals surface area contributed by atoms with E-state index in [2.05, 4.69) is 25.3 Å². The van der Waals surface area contributed by atoms with Crippen LogP contribution in [0.4, 0.5) is 25.7 Å². The molecule has 2 aromatic heterocycles. The summed E-state index contributed by atoms with van der Waals surface area (Å²) in [5.41, 5.74) is 0.475. The van der Waals surface area contributed by atoms with Crippen LogP contribution in [0.25, 0.3) is 0 Å². The summed E-state index contributed by atoms with van der Waals surface area (Å²) >= 11 is 1.23. The average molecular weight is 452 g/mol. The number of amides is 1. The van der Waals surface area contributed by atoms with E-state index in [1.807, 2.05) is 0 Å². The van der Waals surface area contributed by atoms with Crippen LogP contribution in [-0.2, 0) is 10.0 Å². The number of aromatic nitrogens is 2. The molecule has 3 rings (SSSR count). The number of ether oxygens (including phenoxy) is 1. The zero-order valence-electron chi connectivity index (χ0n) is 16.0. The summed E-state index contributed by atoms with van der Waals surface area (Å²) in [6.07, 6.45) is 0.107. The number of pyridine rings is 1. The van der Waals surface area contributed by atoms with Crippen molar-refractivity contribution in [1.82, 2.24) is 14.7 Å². The highest BCUT2D eigenvalue weighted by atomic mass is 32.2. The number of aryl methyl sites for hydroxylation is 1. The van der Waals surface area contributed by atoms with Crippen molar-refractivity contribution >= 4 is 44.0 Å². The maximum Gasteiger partial charge on any atom is 0.419 e. The van der Waals surface area contributed by atoms with E-state index in [-0.39, 0.29) is 23.1 Å². The molecule has 158 valence electrons. The van der Waals surface area contributed by atoms with Crippen molar-refractivity contribution in [3.8, 4) is 5.88 Å². The van der Waals surface area contributed by atoms with Gasteiger partial charge in [0, 0.05) is 12.2 Å². The Balaban J connectivity index is 1.75. The minimum absolute atomic E-state index is 0.0112. The van der Waals surface area contributed by atoms with Gasteiger partial charge in [0.05, 0.1) is 16.1 Å². The van der Waals surface area contributed by atoms with Crippen molar-refractivity contribution in [3.05, 3.63) is 53.4 Å². The topological polar surface area (TPSA) is 122 Å². The zero-order valence-corrected chi connectivity index (χ0v) is 17.6. The van der Waals surface area contributed by atoms with Crippen LogP contribution in [0.5, 0.6) is 5.88 Å². The number of anilines is 3. The fraction of sp³-hybridized carbons (Fsp3) is 0.167. The van der Waals surface area contributed by atoms with Gasteiger partial charge in [0.1, 0.15) is 11.6 Å². The second-order valence-corrected chi connectivity index (χ2v) is 8.87. The monoisotopic (exact) mass is 451 g/mol. The van der Waals surface area contributed by atoms with Crippen molar-refractivity contribution in [3.63, 3.8) is 0 Å². The van der Waals surface area contributed by atoms with Gasteiger partial charge in [-0.25, -0.2) is 32.3 Å². The molecule has 0 unspecified atom stereocenters. The summed E-state index contributed by atoms with van der Waals surface area (Å²) in [5.74, 6) is -0.407. The van der Waals surface area contributed by atoms with E-state index >= 15 is 0 Å². The number of sulfonamides is 1. The first-order valence-electron chi connectivity index (χ1n) is 8.71. The summed E-state index contributed by atoms with van der Waals surface area (Å²) in [4.78, 5) is 20.1. The second kappa shape index (κ2) is 9.15. The minimum atomic E-state index is -3.62. The van der Waals surface area contributed by atoms with Gasteiger partial charge >= 0.3 is 6.09 Å². The minimum Gasteiger partial charge on any atom is -0.388 e. The number of hydrogen-bond donors (Lipinski definition) is 3. The van der Waals surface area contributed by atoms with Crippen LogP contribution in [0.15, 0.2) is 47.5 Å². The molecule has 0 bridgehead atoms. The Hall–Kier alpha value is -3.09. The summed E-state index contributed by atoms with van der Waals surface area (Å²) in [5, 5.41) is 6.42. The largest absolute Gasteiger partial charge is 0.419 e. The number of benzene rings is 1. The van der Waals surface area contributed by atoms with E-state index in [9.17, 15) is 17.6 Å². The fourth-order valence-corrected chi connectivity index (χ4v) is 4.22. The molecule has 30 heavy (non-hydrogen) atoms. The van der Waals surface area contributed by atoms with E-state index in [1.54, 1.807) is 26.0 Å². The third kappa shape index (κ3) is 5.49. The van der Waals surface area contributed by atoms with E-state index in [0.717, 1.165) is 12.3 Å². The molecular weight excluding hydrogens is 433 g/mol. The Kier molecular flexibility index (Phi) is 6.59. The number of hydrogen-bond acceptors (Lipinski definition) is 8. The van der Waals surface area contributed by atoms with Crippen LogP contribution in [0, 0.1) is 12.7 Å². The van der Waals surface area contributed by atoms with Gasteiger partial charge in [-0.3, -0.25) is 5.32 Å². The molecule has 12 heteroatoms. The number of nitrogens with one attached hydrogen (secondary N) is 3. The first-order chi connectivity index (χ1) is 14.3. The number of carbonyl (C=O) groups excluding carboxylic acids is 1. The normalized spacial score (nSPS) is 11.2. The van der Waals surface area contributed by atoms with Gasteiger partial charge in [0.2, 0.25) is 10.0 Å². The van der Waals surface area contributed by atoms with Crippen LogP contribution >= 0.6 is 11.3 Å². The Morgan fingerprint density at radius 2 is 2.07 bits per heavy atom. The SMILES string of the molecule is CCNS(=O)(=O)c1cccc(Nc2sc(C)nc2OC(=O)Nc2ccc(F)cn2)c1. The average Bonchev–Trinajstić information content (AvgIpc) is 3.02. The first-order valence-corrected chi connectivity index (χ1v) is 11.0. The number of nitrogens with zero attached hydrogens (tertiary/aromatic N) is 2. The lowest BCUT2D eigenvalue weighted by Crippen LogP contribution is -2.23. The smallest absolute Gasteiger partial charge is 0.388 e. The van der Waals surface area contributed by atoms with Crippen LogP contribution in [0.2, 0.25) is 0 Å². The number of carbonyl (C=O) groups is 1. The van der Waals surface area contributed by atoms with Crippen LogP contribution < -0.4 is 20.1 Å². The Morgan fingerprint density at radius 1 is 1.27 bits per heavy atom. The lowest BCUT2D eigenvalue weighted by atomic mass is 10.3. The highest BCUT2D eigenvalue weighted by molar-refractivity contribution is 7.89. The standard InChI is InChI=1S/C18H18FN5O4S2/c1-3-21-30(26,27)14-6-4-5-13(9-14)23-17-16(22-11(2)29-17)28-18(25)24-15-8-7-12(19)10-20-15/h4-10,21,23H,3H2,1-2H3,(H,20,24,25). The molecule has 0 aliphatic carbocycles. The highest BCUT2D eigenvalue weighted by Gasteiger charge is 2.17. The maximum atomic E-state index is 12.9. The molecule has 0 atom stereocenters. The first kappa shape index (κ1) is 21.6. The Bertz CT molecular complexity index is 1150. The van der Waals surface area contributed by atoms with Crippen LogP contribution in [0.1, 0.15) is 11.9 Å². The summed E-state index contributed by atoms with van der Waals surface area (Å²) in [6.45, 7) is 3.69. The van der Waals surface area contributed by atoms with Crippen LogP contribution in [-0.4, -0.2) is 31.0 Å². The van der Waals surface area contributed by atoms with Crippen molar-refractivity contribution in [2.45, 2.75) is 18.7 Å². The third-order valence-electron chi connectivity index (χ3n) is 3.59. The molecule has 2 heterocycles. The predicted octanol–water partition coefficient (Wildman–Crippen LogP) is 3.64. The van der Waals surface area contributed by atoms with E-state index < -0.39 is 21.9 Å². The molecule has 3 N–H and O–H groups in total. The van der Waals surface area contributed by atoms with Gasteiger partial charge in [-0.05, 0) is 37.3 Å². The van der Waals surface area contributed by atoms with Gasteiger partial charge in [-0.1, -0.05) is 24.3 Å². The molecule has 0 spiro atoms. The van der Waals surface area contributed by atoms with E-state index in [4.69, 9.17) is 4.74 Å². The molecule has 0 radical (unpaired) electrons. The molecule has 3 aromatic rings. The number of halogens is 1. The van der Waals surface area contributed by atoms with Crippen LogP contribution in [0.3, 0.4) is 0 Å². The molecule has 1 aromatic carbocycles. The van der Waals surface area contributed by atoms with Gasteiger partial charge in [0.25, 0.3) is 5.88 Å². The van der Waals surface area contributed by atoms with Crippen molar-refractivity contribution < 1.29 is 22.3 Å². The van der Waals surface area contributed by atoms with Gasteiger partial charge < -0.3 is 10.1 Å². The van der Waals surface area contributed by atoms with E-state index in [0.29, 0.717) is 15.7 Å². The molecule has 0 aliphatic heterocycles. The van der Waals surface area contributed by atoms with Gasteiger partial charge in [0.15, 0.2) is 5.00 Å². The van der Waals surface area contributed by atoms with Crippen molar-refractivity contribution in [2.75, 3.05) is 17.2 Å². The maximum absolute atomic E-state index is 12.9. The quantitative estimate of drug-likeness (QED) is 0.501. The molecule has 0 saturated carbocycles. The molecule has 1 amide bonds. The molecular formula is C18H18FN5O4S2. The number of rotatable bonds is 7. The molecule has 0 saturated heterocycles. The molecule has 0 aliphatic rings. The predicted molar refractivity (Wildman–Crippen MR) is 111 cm³/mol. The lowest BCUT2D eigenvalue weighted by Gasteiger charge is -2.09. The third-order valence-corrected chi connectivity index (χ3v) is 6.00. The van der Waals surface area contributed by atoms with Crippen molar-refractivity contribution in [2.24, 2.45) is 0 Å². The fourth-order valence-electron chi connectivity index (χ4n) is 2.37. The van der Waals surface area contributed by atoms with Gasteiger partial charge in [-0.2, -0.15) is 0 Å². The lowest BCUT2D eigenvalue weighted by molar-refractivity contribution is 0.213. The highest BCUT2D eigenvalue weighted by Crippen LogP contribution is 2.34. The second-order valence-electron chi connectivity index (χ2n) is 5.90.